The topological polar surface area (TPSA) is 84.5 Å². The van der Waals surface area contributed by atoms with E-state index in [1.54, 1.807) is 6.92 Å². The number of hydrogen-bond acceptors (Lipinski definition) is 4. The van der Waals surface area contributed by atoms with E-state index >= 15 is 0 Å². The van der Waals surface area contributed by atoms with Gasteiger partial charge in [-0.1, -0.05) is 6.07 Å². The lowest BCUT2D eigenvalue weighted by atomic mass is 10.1. The summed E-state index contributed by atoms with van der Waals surface area (Å²) in [6.45, 7) is 1.67. The van der Waals surface area contributed by atoms with E-state index in [0.717, 1.165) is 30.3 Å². The van der Waals surface area contributed by atoms with Gasteiger partial charge in [-0.3, -0.25) is 9.52 Å². The zero-order valence-corrected chi connectivity index (χ0v) is 16.9. The maximum atomic E-state index is 13.5. The average molecular weight is 432 g/mol. The summed E-state index contributed by atoms with van der Waals surface area (Å²) in [6.07, 6.45) is 0. The lowest BCUT2D eigenvalue weighted by Gasteiger charge is -2.14. The summed E-state index contributed by atoms with van der Waals surface area (Å²) >= 11 is 0. The van der Waals surface area contributed by atoms with Crippen molar-refractivity contribution >= 4 is 27.3 Å². The molecule has 2 N–H and O–H groups in total. The van der Waals surface area contributed by atoms with E-state index in [2.05, 4.69) is 10.0 Å². The van der Waals surface area contributed by atoms with Crippen LogP contribution >= 0.6 is 0 Å². The molecule has 0 aliphatic carbocycles. The molecule has 156 valence electrons. The van der Waals surface area contributed by atoms with Gasteiger partial charge in [0.05, 0.1) is 17.7 Å². The van der Waals surface area contributed by atoms with Gasteiger partial charge in [-0.25, -0.2) is 17.2 Å². The first-order valence-corrected chi connectivity index (χ1v) is 10.2. The van der Waals surface area contributed by atoms with E-state index in [0.29, 0.717) is 5.56 Å². The van der Waals surface area contributed by atoms with E-state index in [1.807, 2.05) is 0 Å². The van der Waals surface area contributed by atoms with E-state index in [-0.39, 0.29) is 27.6 Å². The van der Waals surface area contributed by atoms with Gasteiger partial charge in [0.1, 0.15) is 17.4 Å². The molecular weight excluding hydrogens is 414 g/mol. The third kappa shape index (κ3) is 4.74. The third-order valence-corrected chi connectivity index (χ3v) is 5.65. The fourth-order valence-electron chi connectivity index (χ4n) is 2.72. The van der Waals surface area contributed by atoms with Crippen molar-refractivity contribution in [1.82, 2.24) is 0 Å². The molecule has 0 atom stereocenters. The molecule has 9 heteroatoms. The number of ether oxygens (including phenoxy) is 1. The van der Waals surface area contributed by atoms with Crippen molar-refractivity contribution in [3.8, 4) is 5.75 Å². The lowest BCUT2D eigenvalue weighted by Crippen LogP contribution is -2.16. The molecule has 3 aromatic rings. The first-order valence-electron chi connectivity index (χ1n) is 8.73. The highest BCUT2D eigenvalue weighted by Crippen LogP contribution is 2.30. The molecule has 0 aliphatic heterocycles. The highest BCUT2D eigenvalue weighted by Gasteiger charge is 2.18. The van der Waals surface area contributed by atoms with Crippen molar-refractivity contribution in [2.75, 3.05) is 17.1 Å². The molecule has 0 radical (unpaired) electrons. The number of aryl methyl sites for hydroxylation is 1. The molecular formula is C21H18F2N2O4S. The van der Waals surface area contributed by atoms with Crippen LogP contribution in [-0.2, 0) is 10.0 Å². The Morgan fingerprint density at radius 3 is 2.27 bits per heavy atom. The fourth-order valence-corrected chi connectivity index (χ4v) is 3.78. The zero-order valence-electron chi connectivity index (χ0n) is 16.1. The van der Waals surface area contributed by atoms with Crippen molar-refractivity contribution in [2.45, 2.75) is 11.8 Å². The van der Waals surface area contributed by atoms with Crippen molar-refractivity contribution in [1.29, 1.82) is 0 Å². The molecule has 3 aromatic carbocycles. The van der Waals surface area contributed by atoms with E-state index in [4.69, 9.17) is 4.74 Å². The number of amides is 1. The molecule has 0 aliphatic rings. The van der Waals surface area contributed by atoms with Crippen LogP contribution in [0.5, 0.6) is 5.75 Å². The highest BCUT2D eigenvalue weighted by atomic mass is 32.2. The molecule has 6 nitrogen and oxygen atoms in total. The minimum atomic E-state index is -4.03. The number of benzene rings is 3. The Hall–Kier alpha value is -3.46. The van der Waals surface area contributed by atoms with Crippen LogP contribution in [0.2, 0.25) is 0 Å². The number of nitrogens with one attached hydrogen (secondary N) is 2. The number of carbonyl (C=O) groups excluding carboxylic acids is 1. The van der Waals surface area contributed by atoms with Gasteiger partial charge in [0, 0.05) is 11.3 Å². The summed E-state index contributed by atoms with van der Waals surface area (Å²) < 4.78 is 59.3. The fraction of sp³-hybridized carbons (Fsp3) is 0.0952. The van der Waals surface area contributed by atoms with E-state index in [9.17, 15) is 22.0 Å². The minimum Gasteiger partial charge on any atom is -0.495 e. The molecule has 0 bridgehead atoms. The van der Waals surface area contributed by atoms with Gasteiger partial charge in [-0.15, -0.1) is 0 Å². The number of anilines is 2. The molecule has 0 saturated heterocycles. The summed E-state index contributed by atoms with van der Waals surface area (Å²) in [4.78, 5) is 12.4. The van der Waals surface area contributed by atoms with Crippen LogP contribution in [-0.4, -0.2) is 21.4 Å². The van der Waals surface area contributed by atoms with E-state index in [1.165, 1.54) is 37.4 Å². The number of methoxy groups -OCH3 is 1. The number of rotatable bonds is 6. The second-order valence-corrected chi connectivity index (χ2v) is 8.07. The normalized spacial score (nSPS) is 11.1. The maximum Gasteiger partial charge on any atom is 0.262 e. The zero-order chi connectivity index (χ0) is 21.9. The Kier molecular flexibility index (Phi) is 6.02. The van der Waals surface area contributed by atoms with Crippen molar-refractivity contribution in [2.24, 2.45) is 0 Å². The second kappa shape index (κ2) is 8.50. The number of carbonyl (C=O) groups is 1. The summed E-state index contributed by atoms with van der Waals surface area (Å²) in [5, 5.41) is 2.61. The van der Waals surface area contributed by atoms with Crippen LogP contribution in [0.3, 0.4) is 0 Å². The van der Waals surface area contributed by atoms with Crippen LogP contribution in [0.4, 0.5) is 20.2 Å². The first-order chi connectivity index (χ1) is 14.2. The second-order valence-electron chi connectivity index (χ2n) is 6.39. The molecule has 0 aromatic heterocycles. The summed E-state index contributed by atoms with van der Waals surface area (Å²) in [7, 11) is -2.67. The van der Waals surface area contributed by atoms with Crippen LogP contribution in [0.15, 0.2) is 65.6 Å². The van der Waals surface area contributed by atoms with E-state index < -0.39 is 27.6 Å². The first kappa shape index (κ1) is 21.3. The van der Waals surface area contributed by atoms with Crippen molar-refractivity contribution < 1.29 is 26.7 Å². The molecule has 0 saturated carbocycles. The van der Waals surface area contributed by atoms with Crippen LogP contribution in [0, 0.1) is 18.6 Å². The minimum absolute atomic E-state index is 0.0654. The summed E-state index contributed by atoms with van der Waals surface area (Å²) in [5.74, 6) is -1.46. The number of halogens is 2. The van der Waals surface area contributed by atoms with Gasteiger partial charge in [0.25, 0.3) is 15.9 Å². The smallest absolute Gasteiger partial charge is 0.262 e. The van der Waals surface area contributed by atoms with Gasteiger partial charge in [0.15, 0.2) is 0 Å². The Morgan fingerprint density at radius 2 is 1.60 bits per heavy atom. The Balaban J connectivity index is 1.89. The van der Waals surface area contributed by atoms with Gasteiger partial charge in [0.2, 0.25) is 0 Å². The van der Waals surface area contributed by atoms with Crippen LogP contribution in [0.1, 0.15) is 15.9 Å². The van der Waals surface area contributed by atoms with Crippen molar-refractivity contribution in [3.05, 3.63) is 83.4 Å². The standard InChI is InChI=1S/C21H18F2N2O4S/c1-13-3-4-15(23)11-18(13)21(26)24-16-7-10-20(29-2)19(12-16)25-30(27,28)17-8-5-14(22)6-9-17/h3-12,25H,1-2H3,(H,24,26). The summed E-state index contributed by atoms with van der Waals surface area (Å²) in [5.41, 5.74) is 1.07. The van der Waals surface area contributed by atoms with Gasteiger partial charge >= 0.3 is 0 Å². The van der Waals surface area contributed by atoms with Gasteiger partial charge in [-0.2, -0.15) is 0 Å². The lowest BCUT2D eigenvalue weighted by molar-refractivity contribution is 0.102. The molecule has 1 amide bonds. The molecule has 0 unspecified atom stereocenters. The highest BCUT2D eigenvalue weighted by molar-refractivity contribution is 7.92. The largest absolute Gasteiger partial charge is 0.495 e. The van der Waals surface area contributed by atoms with Crippen molar-refractivity contribution in [3.63, 3.8) is 0 Å². The predicted octanol–water partition coefficient (Wildman–Crippen LogP) is 4.33. The van der Waals surface area contributed by atoms with Crippen LogP contribution < -0.4 is 14.8 Å². The molecule has 0 heterocycles. The quantitative estimate of drug-likeness (QED) is 0.607. The Morgan fingerprint density at radius 1 is 0.933 bits per heavy atom. The number of sulfonamides is 1. The SMILES string of the molecule is COc1ccc(NC(=O)c2cc(F)ccc2C)cc1NS(=O)(=O)c1ccc(F)cc1. The summed E-state index contributed by atoms with van der Waals surface area (Å²) in [6, 6.07) is 12.5. The Bertz CT molecular complexity index is 1200. The van der Waals surface area contributed by atoms with Gasteiger partial charge in [-0.05, 0) is 67.1 Å². The number of hydrogen-bond donors (Lipinski definition) is 2. The molecule has 30 heavy (non-hydrogen) atoms. The monoisotopic (exact) mass is 432 g/mol. The average Bonchev–Trinajstić information content (AvgIpc) is 2.70. The molecule has 3 rings (SSSR count). The predicted molar refractivity (Wildman–Crippen MR) is 109 cm³/mol. The Labute approximate surface area is 172 Å². The maximum absolute atomic E-state index is 13.5. The molecule has 0 spiro atoms. The van der Waals surface area contributed by atoms with Gasteiger partial charge < -0.3 is 10.1 Å². The van der Waals surface area contributed by atoms with Crippen LogP contribution in [0.25, 0.3) is 0 Å². The molecule has 0 fully saturated rings. The third-order valence-electron chi connectivity index (χ3n) is 4.27.